The number of aromatic nitrogens is 1. The van der Waals surface area contributed by atoms with Gasteiger partial charge in [-0.1, -0.05) is 36.9 Å². The maximum atomic E-state index is 6.63. The van der Waals surface area contributed by atoms with E-state index in [1.54, 1.807) is 0 Å². The summed E-state index contributed by atoms with van der Waals surface area (Å²) in [5.74, 6) is 0. The lowest BCUT2D eigenvalue weighted by Gasteiger charge is -2.34. The van der Waals surface area contributed by atoms with Gasteiger partial charge in [-0.3, -0.25) is 0 Å². The van der Waals surface area contributed by atoms with Crippen LogP contribution >= 0.6 is 11.6 Å². The van der Waals surface area contributed by atoms with E-state index in [2.05, 4.69) is 23.7 Å². The van der Waals surface area contributed by atoms with Gasteiger partial charge in [0.15, 0.2) is 0 Å². The summed E-state index contributed by atoms with van der Waals surface area (Å²) in [6.45, 7) is 0. The van der Waals surface area contributed by atoms with Crippen LogP contribution < -0.4 is 5.73 Å². The third-order valence-electron chi connectivity index (χ3n) is 4.29. The molecule has 0 atom stereocenters. The zero-order valence-electron chi connectivity index (χ0n) is 10.7. The number of rotatable bonds is 1. The first-order valence-corrected chi connectivity index (χ1v) is 7.03. The van der Waals surface area contributed by atoms with Crippen LogP contribution in [-0.2, 0) is 12.6 Å². The summed E-state index contributed by atoms with van der Waals surface area (Å²) in [6, 6.07) is 8.23. The maximum absolute atomic E-state index is 6.63. The van der Waals surface area contributed by atoms with Crippen molar-refractivity contribution in [2.24, 2.45) is 12.8 Å². The van der Waals surface area contributed by atoms with Crippen molar-refractivity contribution in [1.82, 2.24) is 4.57 Å². The molecule has 1 aliphatic rings. The summed E-state index contributed by atoms with van der Waals surface area (Å²) < 4.78 is 2.21. The second-order valence-corrected chi connectivity index (χ2v) is 5.89. The second kappa shape index (κ2) is 4.29. The molecule has 0 unspecified atom stereocenters. The van der Waals surface area contributed by atoms with Crippen molar-refractivity contribution in [3.8, 4) is 0 Å². The van der Waals surface area contributed by atoms with Gasteiger partial charge in [-0.25, -0.2) is 0 Å². The second-order valence-electron chi connectivity index (χ2n) is 5.48. The minimum atomic E-state index is -0.171. The lowest BCUT2D eigenvalue weighted by atomic mass is 9.80. The number of fused-ring (bicyclic) bond motifs is 1. The highest BCUT2D eigenvalue weighted by atomic mass is 35.5. The van der Waals surface area contributed by atoms with E-state index in [1.807, 2.05) is 12.1 Å². The highest BCUT2D eigenvalue weighted by Gasteiger charge is 2.32. The Morgan fingerprint density at radius 3 is 2.61 bits per heavy atom. The lowest BCUT2D eigenvalue weighted by Crippen LogP contribution is -2.40. The molecule has 3 rings (SSSR count). The Hall–Kier alpha value is -0.990. The summed E-state index contributed by atoms with van der Waals surface area (Å²) in [5, 5.41) is 1.93. The van der Waals surface area contributed by atoms with Crippen LogP contribution in [0.5, 0.6) is 0 Å². The molecule has 1 fully saturated rings. The first kappa shape index (κ1) is 12.1. The van der Waals surface area contributed by atoms with Gasteiger partial charge in [0.1, 0.15) is 0 Å². The molecule has 0 radical (unpaired) electrons. The molecule has 1 aromatic heterocycles. The van der Waals surface area contributed by atoms with Crippen molar-refractivity contribution in [3.63, 3.8) is 0 Å². The van der Waals surface area contributed by atoms with E-state index in [0.717, 1.165) is 23.3 Å². The minimum absolute atomic E-state index is 0.171. The fourth-order valence-corrected chi connectivity index (χ4v) is 3.46. The van der Waals surface area contributed by atoms with E-state index in [0.29, 0.717) is 0 Å². The molecule has 3 heteroatoms. The number of hydrogen-bond donors (Lipinski definition) is 1. The Balaban J connectivity index is 2.17. The van der Waals surface area contributed by atoms with Crippen LogP contribution in [0.4, 0.5) is 0 Å². The fourth-order valence-electron chi connectivity index (χ4n) is 3.24. The molecule has 0 aliphatic heterocycles. The Morgan fingerprint density at radius 1 is 1.22 bits per heavy atom. The van der Waals surface area contributed by atoms with Gasteiger partial charge in [0.05, 0.1) is 5.54 Å². The van der Waals surface area contributed by atoms with Crippen molar-refractivity contribution in [2.45, 2.75) is 37.6 Å². The van der Waals surface area contributed by atoms with Gasteiger partial charge < -0.3 is 10.3 Å². The van der Waals surface area contributed by atoms with E-state index in [9.17, 15) is 0 Å². The van der Waals surface area contributed by atoms with E-state index < -0.39 is 0 Å². The molecule has 96 valence electrons. The molecular weight excluding hydrogens is 244 g/mol. The van der Waals surface area contributed by atoms with Gasteiger partial charge in [0.2, 0.25) is 0 Å². The molecule has 2 nitrogen and oxygen atoms in total. The average Bonchev–Trinajstić information content (AvgIpc) is 2.70. The van der Waals surface area contributed by atoms with Crippen LogP contribution in [-0.4, -0.2) is 4.57 Å². The topological polar surface area (TPSA) is 30.9 Å². The molecule has 1 saturated carbocycles. The van der Waals surface area contributed by atoms with Gasteiger partial charge in [-0.2, -0.15) is 0 Å². The van der Waals surface area contributed by atoms with Crippen LogP contribution in [0.25, 0.3) is 10.9 Å². The van der Waals surface area contributed by atoms with Crippen LogP contribution in [0, 0.1) is 0 Å². The zero-order valence-corrected chi connectivity index (χ0v) is 11.5. The van der Waals surface area contributed by atoms with Crippen molar-refractivity contribution < 1.29 is 0 Å². The summed E-state index contributed by atoms with van der Waals surface area (Å²) >= 11 is 6.27. The summed E-state index contributed by atoms with van der Waals surface area (Å²) in [7, 11) is 2.09. The molecule has 1 aromatic carbocycles. The Morgan fingerprint density at radius 2 is 1.94 bits per heavy atom. The first-order valence-electron chi connectivity index (χ1n) is 6.65. The summed E-state index contributed by atoms with van der Waals surface area (Å²) in [6.07, 6.45) is 5.92. The van der Waals surface area contributed by atoms with E-state index in [4.69, 9.17) is 17.3 Å². The van der Waals surface area contributed by atoms with E-state index in [-0.39, 0.29) is 5.54 Å². The van der Waals surface area contributed by atoms with Crippen molar-refractivity contribution in [1.29, 1.82) is 0 Å². The zero-order chi connectivity index (χ0) is 12.8. The van der Waals surface area contributed by atoms with Crippen molar-refractivity contribution >= 4 is 22.5 Å². The molecular formula is C15H19ClN2. The summed E-state index contributed by atoms with van der Waals surface area (Å²) in [4.78, 5) is 0. The number of nitrogens with zero attached hydrogens (tertiary/aromatic N) is 1. The highest BCUT2D eigenvalue weighted by molar-refractivity contribution is 6.35. The molecule has 0 spiro atoms. The van der Waals surface area contributed by atoms with Crippen LogP contribution in [0.15, 0.2) is 24.3 Å². The van der Waals surface area contributed by atoms with Gasteiger partial charge in [-0.05, 0) is 31.0 Å². The van der Waals surface area contributed by atoms with E-state index in [1.165, 1.54) is 30.5 Å². The maximum Gasteiger partial charge on any atom is 0.0563 e. The predicted molar refractivity (Wildman–Crippen MR) is 76.9 cm³/mol. The molecule has 18 heavy (non-hydrogen) atoms. The van der Waals surface area contributed by atoms with Crippen LogP contribution in [0.2, 0.25) is 5.02 Å². The van der Waals surface area contributed by atoms with Crippen molar-refractivity contribution in [2.75, 3.05) is 0 Å². The Bertz CT molecular complexity index is 579. The molecule has 1 aliphatic carbocycles. The number of nitrogens with two attached hydrogens (primary N) is 1. The highest BCUT2D eigenvalue weighted by Crippen LogP contribution is 2.38. The van der Waals surface area contributed by atoms with Crippen LogP contribution in [0.3, 0.4) is 0 Å². The number of benzene rings is 1. The molecule has 1 heterocycles. The summed E-state index contributed by atoms with van der Waals surface area (Å²) in [5.41, 5.74) is 8.86. The monoisotopic (exact) mass is 262 g/mol. The quantitative estimate of drug-likeness (QED) is 0.829. The van der Waals surface area contributed by atoms with Crippen LogP contribution in [0.1, 0.15) is 37.8 Å². The third-order valence-corrected chi connectivity index (χ3v) is 4.62. The fraction of sp³-hybridized carbons (Fsp3) is 0.467. The standard InChI is InChI=1S/C15H19ClN2/c1-18-13-7-5-6-12(16)11(13)10-14(18)15(17)8-3-2-4-9-15/h5-7,10H,2-4,8-9,17H2,1H3. The molecule has 0 amide bonds. The smallest absolute Gasteiger partial charge is 0.0563 e. The lowest BCUT2D eigenvalue weighted by molar-refractivity contribution is 0.290. The van der Waals surface area contributed by atoms with E-state index >= 15 is 0 Å². The predicted octanol–water partition coefficient (Wildman–Crippen LogP) is 3.95. The number of hydrogen-bond acceptors (Lipinski definition) is 1. The van der Waals surface area contributed by atoms with Crippen molar-refractivity contribution in [3.05, 3.63) is 35.0 Å². The molecule has 2 aromatic rings. The average molecular weight is 263 g/mol. The van der Waals surface area contributed by atoms with Gasteiger partial charge >= 0.3 is 0 Å². The molecule has 0 saturated heterocycles. The largest absolute Gasteiger partial charge is 0.346 e. The van der Waals surface area contributed by atoms with Gasteiger partial charge in [-0.15, -0.1) is 0 Å². The number of halogens is 1. The molecule has 0 bridgehead atoms. The SMILES string of the molecule is Cn1c(C2(N)CCCCC2)cc2c(Cl)cccc21. The normalized spacial score (nSPS) is 19.3. The third kappa shape index (κ3) is 1.75. The number of aryl methyl sites for hydroxylation is 1. The first-order chi connectivity index (χ1) is 8.62. The minimum Gasteiger partial charge on any atom is -0.346 e. The van der Waals surface area contributed by atoms with Gasteiger partial charge in [0.25, 0.3) is 0 Å². The van der Waals surface area contributed by atoms with Gasteiger partial charge in [0, 0.05) is 28.7 Å². The Labute approximate surface area is 113 Å². The molecule has 2 N–H and O–H groups in total. The Kier molecular flexibility index (Phi) is 2.87.